The lowest BCUT2D eigenvalue weighted by molar-refractivity contribution is 0.415. The van der Waals surface area contributed by atoms with Gasteiger partial charge in [0.25, 0.3) is 0 Å². The van der Waals surface area contributed by atoms with Crippen molar-refractivity contribution in [2.45, 2.75) is 4.90 Å². The van der Waals surface area contributed by atoms with Gasteiger partial charge in [-0.3, -0.25) is 4.98 Å². The van der Waals surface area contributed by atoms with Gasteiger partial charge in [-0.25, -0.2) is 0 Å². The second kappa shape index (κ2) is 7.13. The van der Waals surface area contributed by atoms with Crippen molar-refractivity contribution in [2.75, 3.05) is 7.11 Å². The van der Waals surface area contributed by atoms with Gasteiger partial charge >= 0.3 is 10.1 Å². The van der Waals surface area contributed by atoms with E-state index >= 15 is 0 Å². The Morgan fingerprint density at radius 3 is 2.46 bits per heavy atom. The van der Waals surface area contributed by atoms with Crippen LogP contribution in [-0.2, 0) is 10.1 Å². The van der Waals surface area contributed by atoms with Crippen molar-refractivity contribution < 1.29 is 17.3 Å². The molecule has 0 aliphatic carbocycles. The number of fused-ring (bicyclic) bond motifs is 2. The highest BCUT2D eigenvalue weighted by atomic mass is 35.5. The van der Waals surface area contributed by atoms with E-state index in [1.165, 1.54) is 24.4 Å². The van der Waals surface area contributed by atoms with Gasteiger partial charge in [0.05, 0.1) is 17.2 Å². The van der Waals surface area contributed by atoms with Crippen LogP contribution in [0, 0.1) is 0 Å². The highest BCUT2D eigenvalue weighted by Crippen LogP contribution is 2.38. The highest BCUT2D eigenvalue weighted by Gasteiger charge is 2.22. The molecule has 0 spiro atoms. The number of hydrogen-bond acceptors (Lipinski definition) is 5. The lowest BCUT2D eigenvalue weighted by Gasteiger charge is -2.12. The van der Waals surface area contributed by atoms with Crippen LogP contribution in [0.5, 0.6) is 11.5 Å². The molecule has 8 heteroatoms. The molecule has 0 atom stereocenters. The van der Waals surface area contributed by atoms with Gasteiger partial charge in [-0.05, 0) is 53.2 Å². The Bertz CT molecular complexity index is 1320. The summed E-state index contributed by atoms with van der Waals surface area (Å²) in [5.74, 6) is 0.626. The van der Waals surface area contributed by atoms with Crippen molar-refractivity contribution in [2.24, 2.45) is 0 Å². The number of nitrogens with zero attached hydrogens (tertiary/aromatic N) is 1. The molecule has 0 bridgehead atoms. The van der Waals surface area contributed by atoms with Crippen molar-refractivity contribution in [3.63, 3.8) is 0 Å². The van der Waals surface area contributed by atoms with E-state index in [1.54, 1.807) is 37.4 Å². The molecule has 0 radical (unpaired) electrons. The first kappa shape index (κ1) is 18.8. The smallest absolute Gasteiger partial charge is 0.339 e. The summed E-state index contributed by atoms with van der Waals surface area (Å²) < 4.78 is 36.3. The first-order chi connectivity index (χ1) is 13.4. The van der Waals surface area contributed by atoms with E-state index in [0.29, 0.717) is 16.2 Å². The summed E-state index contributed by atoms with van der Waals surface area (Å²) in [6, 6.07) is 14.9. The molecule has 0 unspecified atom stereocenters. The summed E-state index contributed by atoms with van der Waals surface area (Å²) in [6.07, 6.45) is 1.51. The van der Waals surface area contributed by atoms with Gasteiger partial charge in [-0.1, -0.05) is 35.3 Å². The van der Waals surface area contributed by atoms with Crippen LogP contribution in [0.4, 0.5) is 0 Å². The number of hydrogen-bond donors (Lipinski definition) is 0. The summed E-state index contributed by atoms with van der Waals surface area (Å²) in [5.41, 5.74) is 0.272. The summed E-state index contributed by atoms with van der Waals surface area (Å²) in [5, 5.41) is 2.54. The zero-order chi connectivity index (χ0) is 19.9. The predicted octanol–water partition coefficient (Wildman–Crippen LogP) is 5.47. The number of ether oxygens (including phenoxy) is 1. The van der Waals surface area contributed by atoms with Crippen molar-refractivity contribution >= 4 is 55.0 Å². The zero-order valence-corrected chi connectivity index (χ0v) is 16.8. The standard InChI is InChI=1S/C20H13Cl2NO4S/c1-26-14-6-4-13-10-15(7-5-12(13)9-14)28(24,25)27-20-18(22)11-17(21)16-3-2-8-23-19(16)20/h2-11H,1H3. The van der Waals surface area contributed by atoms with E-state index < -0.39 is 10.1 Å². The van der Waals surface area contributed by atoms with Crippen LogP contribution in [0.1, 0.15) is 0 Å². The van der Waals surface area contributed by atoms with Crippen LogP contribution >= 0.6 is 23.2 Å². The van der Waals surface area contributed by atoms with E-state index in [1.807, 2.05) is 6.07 Å². The van der Waals surface area contributed by atoms with Crippen molar-refractivity contribution in [3.8, 4) is 11.5 Å². The van der Waals surface area contributed by atoms with E-state index in [2.05, 4.69) is 4.98 Å². The average Bonchev–Trinajstić information content (AvgIpc) is 2.70. The van der Waals surface area contributed by atoms with Gasteiger partial charge in [-0.2, -0.15) is 8.42 Å². The molecule has 0 saturated carbocycles. The number of pyridine rings is 1. The monoisotopic (exact) mass is 433 g/mol. The molecule has 0 amide bonds. The molecule has 3 aromatic carbocycles. The van der Waals surface area contributed by atoms with Crippen LogP contribution in [0.15, 0.2) is 65.7 Å². The van der Waals surface area contributed by atoms with Crippen molar-refractivity contribution in [3.05, 3.63) is 70.8 Å². The quantitative estimate of drug-likeness (QED) is 0.399. The molecule has 5 nitrogen and oxygen atoms in total. The van der Waals surface area contributed by atoms with Crippen LogP contribution < -0.4 is 8.92 Å². The van der Waals surface area contributed by atoms with Gasteiger partial charge < -0.3 is 8.92 Å². The SMILES string of the molecule is COc1ccc2cc(S(=O)(=O)Oc3c(Cl)cc(Cl)c4cccnc34)ccc2c1. The molecule has 0 fully saturated rings. The minimum absolute atomic E-state index is 0.000245. The van der Waals surface area contributed by atoms with Gasteiger partial charge in [0.2, 0.25) is 0 Å². The number of benzene rings is 3. The fourth-order valence-corrected chi connectivity index (χ4v) is 4.46. The normalized spacial score (nSPS) is 11.7. The summed E-state index contributed by atoms with van der Waals surface area (Å²) in [7, 11) is -2.57. The summed E-state index contributed by atoms with van der Waals surface area (Å²) >= 11 is 12.4. The Morgan fingerprint density at radius 2 is 1.68 bits per heavy atom. The fraction of sp³-hybridized carbons (Fsp3) is 0.0500. The van der Waals surface area contributed by atoms with Crippen LogP contribution in [0.3, 0.4) is 0 Å². The van der Waals surface area contributed by atoms with Crippen molar-refractivity contribution in [1.29, 1.82) is 0 Å². The molecule has 0 aliphatic heterocycles. The average molecular weight is 434 g/mol. The Morgan fingerprint density at radius 1 is 0.929 bits per heavy atom. The zero-order valence-electron chi connectivity index (χ0n) is 14.5. The van der Waals surface area contributed by atoms with Crippen LogP contribution in [0.25, 0.3) is 21.7 Å². The minimum atomic E-state index is -4.15. The third kappa shape index (κ3) is 3.35. The van der Waals surface area contributed by atoms with Crippen LogP contribution in [0.2, 0.25) is 10.0 Å². The van der Waals surface area contributed by atoms with Crippen molar-refractivity contribution in [1.82, 2.24) is 4.98 Å². The molecule has 0 aliphatic rings. The predicted molar refractivity (Wildman–Crippen MR) is 110 cm³/mol. The summed E-state index contributed by atoms with van der Waals surface area (Å²) in [4.78, 5) is 4.18. The maximum absolute atomic E-state index is 12.9. The Kier molecular flexibility index (Phi) is 4.79. The maximum Gasteiger partial charge on any atom is 0.339 e. The number of rotatable bonds is 4. The van der Waals surface area contributed by atoms with E-state index in [0.717, 1.165) is 10.8 Å². The second-order valence-corrected chi connectivity index (χ2v) is 8.34. The lowest BCUT2D eigenvalue weighted by Crippen LogP contribution is -2.10. The molecular weight excluding hydrogens is 421 g/mol. The molecule has 28 heavy (non-hydrogen) atoms. The fourth-order valence-electron chi connectivity index (χ4n) is 2.87. The third-order valence-electron chi connectivity index (χ3n) is 4.25. The molecule has 4 rings (SSSR count). The van der Waals surface area contributed by atoms with Gasteiger partial charge in [0.15, 0.2) is 5.75 Å². The topological polar surface area (TPSA) is 65.5 Å². The lowest BCUT2D eigenvalue weighted by atomic mass is 10.1. The van der Waals surface area contributed by atoms with E-state index in [-0.39, 0.29) is 21.2 Å². The van der Waals surface area contributed by atoms with Crippen LogP contribution in [-0.4, -0.2) is 20.5 Å². The highest BCUT2D eigenvalue weighted by molar-refractivity contribution is 7.87. The maximum atomic E-state index is 12.9. The third-order valence-corrected chi connectivity index (χ3v) is 6.06. The molecule has 0 saturated heterocycles. The Labute approximate surface area is 171 Å². The van der Waals surface area contributed by atoms with E-state index in [9.17, 15) is 8.42 Å². The van der Waals surface area contributed by atoms with Gasteiger partial charge in [0, 0.05) is 11.6 Å². The number of methoxy groups -OCH3 is 1. The Hall–Kier alpha value is -2.54. The molecule has 1 aromatic heterocycles. The minimum Gasteiger partial charge on any atom is -0.497 e. The second-order valence-electron chi connectivity index (χ2n) is 5.98. The number of aromatic nitrogens is 1. The molecular formula is C20H13Cl2NO4S. The number of halogens is 2. The van der Waals surface area contributed by atoms with Gasteiger partial charge in [0.1, 0.15) is 16.2 Å². The van der Waals surface area contributed by atoms with E-state index in [4.69, 9.17) is 32.1 Å². The first-order valence-corrected chi connectivity index (χ1v) is 10.3. The largest absolute Gasteiger partial charge is 0.497 e. The summed E-state index contributed by atoms with van der Waals surface area (Å²) in [6.45, 7) is 0. The van der Waals surface area contributed by atoms with Gasteiger partial charge in [-0.15, -0.1) is 0 Å². The molecule has 1 heterocycles. The molecule has 142 valence electrons. The Balaban J connectivity index is 1.80. The molecule has 4 aromatic rings. The first-order valence-electron chi connectivity index (χ1n) is 8.14. The molecule has 0 N–H and O–H groups in total.